The molecule has 110 valence electrons. The van der Waals surface area contributed by atoms with Crippen molar-refractivity contribution in [1.82, 2.24) is 14.5 Å². The van der Waals surface area contributed by atoms with Crippen LogP contribution in [-0.4, -0.2) is 27.4 Å². The molecule has 0 unspecified atom stereocenters. The van der Waals surface area contributed by atoms with Crippen LogP contribution < -0.4 is 0 Å². The topological polar surface area (TPSA) is 38.1 Å². The van der Waals surface area contributed by atoms with Crippen LogP contribution in [0.15, 0.2) is 24.5 Å². The van der Waals surface area contributed by atoms with E-state index < -0.39 is 0 Å². The molecule has 0 bridgehead atoms. The number of aromatic nitrogens is 2. The van der Waals surface area contributed by atoms with Gasteiger partial charge in [-0.2, -0.15) is 0 Å². The van der Waals surface area contributed by atoms with E-state index in [1.54, 1.807) is 24.3 Å². The summed E-state index contributed by atoms with van der Waals surface area (Å²) in [6, 6.07) is 5.47. The fourth-order valence-electron chi connectivity index (χ4n) is 2.65. The Kier molecular flexibility index (Phi) is 2.98. The second-order valence-corrected chi connectivity index (χ2v) is 6.16. The predicted molar refractivity (Wildman–Crippen MR) is 84.0 cm³/mol. The van der Waals surface area contributed by atoms with Gasteiger partial charge >= 0.3 is 0 Å². The van der Waals surface area contributed by atoms with Gasteiger partial charge < -0.3 is 4.90 Å². The standard InChI is InChI=1S/C17H14ClN3O/c1-20-9-15-13(8-7-11-5-6-11)19-10-21(15)14-4-2-3-12(18)16(14)17(20)22/h2-4,10-11H,5-6,9H2,1H3. The van der Waals surface area contributed by atoms with Gasteiger partial charge in [0.2, 0.25) is 0 Å². The molecule has 1 aliphatic carbocycles. The van der Waals surface area contributed by atoms with Gasteiger partial charge in [0.1, 0.15) is 12.0 Å². The molecule has 1 aliphatic heterocycles. The lowest BCUT2D eigenvalue weighted by atomic mass is 10.1. The van der Waals surface area contributed by atoms with Crippen LogP contribution in [0.5, 0.6) is 0 Å². The van der Waals surface area contributed by atoms with Gasteiger partial charge in [0.15, 0.2) is 0 Å². The minimum absolute atomic E-state index is 0.0783. The second kappa shape index (κ2) is 4.89. The molecule has 0 radical (unpaired) electrons. The molecule has 1 amide bonds. The number of hydrogen-bond donors (Lipinski definition) is 0. The number of imidazole rings is 1. The molecule has 0 saturated heterocycles. The highest BCUT2D eigenvalue weighted by molar-refractivity contribution is 6.34. The van der Waals surface area contributed by atoms with Gasteiger partial charge in [0, 0.05) is 13.0 Å². The third kappa shape index (κ3) is 2.10. The van der Waals surface area contributed by atoms with Gasteiger partial charge in [0.25, 0.3) is 5.91 Å². The lowest BCUT2D eigenvalue weighted by Crippen LogP contribution is -2.25. The number of fused-ring (bicyclic) bond motifs is 3. The first-order chi connectivity index (χ1) is 10.6. The van der Waals surface area contributed by atoms with Crippen LogP contribution in [-0.2, 0) is 6.54 Å². The zero-order chi connectivity index (χ0) is 15.3. The Hall–Kier alpha value is -2.25. The maximum Gasteiger partial charge on any atom is 0.257 e. The molecule has 0 spiro atoms. The first-order valence-corrected chi connectivity index (χ1v) is 7.65. The number of amides is 1. The summed E-state index contributed by atoms with van der Waals surface area (Å²) in [6.07, 6.45) is 4.09. The minimum atomic E-state index is -0.0783. The van der Waals surface area contributed by atoms with Crippen molar-refractivity contribution >= 4 is 17.5 Å². The van der Waals surface area contributed by atoms with Crippen LogP contribution in [0, 0.1) is 17.8 Å². The van der Waals surface area contributed by atoms with Crippen molar-refractivity contribution in [3.8, 4) is 17.5 Å². The van der Waals surface area contributed by atoms with Crippen molar-refractivity contribution < 1.29 is 4.79 Å². The SMILES string of the molecule is CN1Cc2c(C#CC3CC3)ncn2-c2cccc(Cl)c2C1=O. The molecule has 2 heterocycles. The summed E-state index contributed by atoms with van der Waals surface area (Å²) in [5.74, 6) is 6.85. The highest BCUT2D eigenvalue weighted by Crippen LogP contribution is 2.31. The Balaban J connectivity index is 1.91. The lowest BCUT2D eigenvalue weighted by Gasteiger charge is -2.14. The van der Waals surface area contributed by atoms with E-state index in [0.29, 0.717) is 23.0 Å². The third-order valence-corrected chi connectivity index (χ3v) is 4.35. The average molecular weight is 312 g/mol. The smallest absolute Gasteiger partial charge is 0.257 e. The van der Waals surface area contributed by atoms with Crippen LogP contribution in [0.3, 0.4) is 0 Å². The summed E-state index contributed by atoms with van der Waals surface area (Å²) >= 11 is 6.25. The van der Waals surface area contributed by atoms with Crippen LogP contribution in [0.4, 0.5) is 0 Å². The molecule has 2 aliphatic rings. The number of hydrogen-bond acceptors (Lipinski definition) is 2. The van der Waals surface area contributed by atoms with Crippen molar-refractivity contribution in [3.05, 3.63) is 46.5 Å². The Labute approximate surface area is 133 Å². The van der Waals surface area contributed by atoms with Crippen molar-refractivity contribution in [2.45, 2.75) is 19.4 Å². The summed E-state index contributed by atoms with van der Waals surface area (Å²) in [5, 5.41) is 0.460. The molecular weight excluding hydrogens is 298 g/mol. The van der Waals surface area contributed by atoms with Crippen LogP contribution >= 0.6 is 11.6 Å². The molecule has 1 aromatic carbocycles. The molecule has 0 N–H and O–H groups in total. The molecule has 4 rings (SSSR count). The third-order valence-electron chi connectivity index (χ3n) is 4.04. The van der Waals surface area contributed by atoms with E-state index in [9.17, 15) is 4.79 Å². The Morgan fingerprint density at radius 2 is 2.18 bits per heavy atom. The van der Waals surface area contributed by atoms with Gasteiger partial charge in [-0.05, 0) is 30.9 Å². The fraction of sp³-hybridized carbons (Fsp3) is 0.294. The maximum absolute atomic E-state index is 12.6. The minimum Gasteiger partial charge on any atom is -0.336 e. The predicted octanol–water partition coefficient (Wildman–Crippen LogP) is 2.87. The molecule has 2 aromatic rings. The lowest BCUT2D eigenvalue weighted by molar-refractivity contribution is 0.0788. The van der Waals surface area contributed by atoms with Crippen molar-refractivity contribution in [2.75, 3.05) is 7.05 Å². The number of halogens is 1. The normalized spacial score (nSPS) is 16.5. The fourth-order valence-corrected chi connectivity index (χ4v) is 2.90. The quantitative estimate of drug-likeness (QED) is 0.702. The summed E-state index contributed by atoms with van der Waals surface area (Å²) in [4.78, 5) is 18.7. The average Bonchev–Trinajstić information content (AvgIpc) is 3.26. The van der Waals surface area contributed by atoms with E-state index in [2.05, 4.69) is 16.8 Å². The van der Waals surface area contributed by atoms with Gasteiger partial charge in [-0.3, -0.25) is 9.36 Å². The number of carbonyl (C=O) groups is 1. The van der Waals surface area contributed by atoms with E-state index in [1.165, 1.54) is 12.8 Å². The van der Waals surface area contributed by atoms with Crippen LogP contribution in [0.1, 0.15) is 34.6 Å². The molecule has 1 aromatic heterocycles. The van der Waals surface area contributed by atoms with Gasteiger partial charge in [0.05, 0.1) is 28.5 Å². The summed E-state index contributed by atoms with van der Waals surface area (Å²) in [7, 11) is 1.77. The first kappa shape index (κ1) is 13.4. The number of benzene rings is 1. The van der Waals surface area contributed by atoms with Gasteiger partial charge in [-0.25, -0.2) is 4.98 Å². The number of nitrogens with zero attached hydrogens (tertiary/aromatic N) is 3. The Bertz CT molecular complexity index is 839. The molecule has 4 nitrogen and oxygen atoms in total. The van der Waals surface area contributed by atoms with E-state index in [0.717, 1.165) is 17.1 Å². The van der Waals surface area contributed by atoms with Crippen molar-refractivity contribution in [1.29, 1.82) is 0 Å². The molecular formula is C17H14ClN3O. The van der Waals surface area contributed by atoms with E-state index >= 15 is 0 Å². The largest absolute Gasteiger partial charge is 0.336 e. The highest BCUT2D eigenvalue weighted by atomic mass is 35.5. The van der Waals surface area contributed by atoms with Crippen molar-refractivity contribution in [2.24, 2.45) is 5.92 Å². The maximum atomic E-state index is 12.6. The molecule has 1 saturated carbocycles. The number of rotatable bonds is 0. The van der Waals surface area contributed by atoms with Crippen molar-refractivity contribution in [3.63, 3.8) is 0 Å². The zero-order valence-corrected chi connectivity index (χ0v) is 12.9. The Morgan fingerprint density at radius 3 is 2.95 bits per heavy atom. The second-order valence-electron chi connectivity index (χ2n) is 5.75. The first-order valence-electron chi connectivity index (χ1n) is 7.27. The molecule has 22 heavy (non-hydrogen) atoms. The van der Waals surface area contributed by atoms with Gasteiger partial charge in [-0.15, -0.1) is 0 Å². The summed E-state index contributed by atoms with van der Waals surface area (Å²) in [6.45, 7) is 0.471. The van der Waals surface area contributed by atoms with E-state index in [1.807, 2.05) is 16.7 Å². The number of carbonyl (C=O) groups excluding carboxylic acids is 1. The molecule has 1 fully saturated rings. The summed E-state index contributed by atoms with van der Waals surface area (Å²) < 4.78 is 1.93. The van der Waals surface area contributed by atoms with E-state index in [4.69, 9.17) is 11.6 Å². The zero-order valence-electron chi connectivity index (χ0n) is 12.1. The van der Waals surface area contributed by atoms with Gasteiger partial charge in [-0.1, -0.05) is 23.6 Å². The Morgan fingerprint density at radius 1 is 1.36 bits per heavy atom. The highest BCUT2D eigenvalue weighted by Gasteiger charge is 2.27. The van der Waals surface area contributed by atoms with Crippen LogP contribution in [0.2, 0.25) is 5.02 Å². The monoisotopic (exact) mass is 311 g/mol. The molecule has 5 heteroatoms. The molecule has 0 atom stereocenters. The van der Waals surface area contributed by atoms with E-state index in [-0.39, 0.29) is 5.91 Å². The summed E-state index contributed by atoms with van der Waals surface area (Å²) in [5.41, 5.74) is 2.97. The van der Waals surface area contributed by atoms with Crippen LogP contribution in [0.25, 0.3) is 5.69 Å².